The van der Waals surface area contributed by atoms with Crippen LogP contribution in [-0.4, -0.2) is 51.4 Å². The third-order valence-electron chi connectivity index (χ3n) is 3.91. The molecule has 1 aromatic rings. The van der Waals surface area contributed by atoms with Crippen molar-refractivity contribution in [2.75, 3.05) is 20.1 Å². The maximum absolute atomic E-state index is 12.3. The van der Waals surface area contributed by atoms with E-state index in [4.69, 9.17) is 11.6 Å². The fourth-order valence-corrected chi connectivity index (χ4v) is 3.78. The van der Waals surface area contributed by atoms with E-state index in [1.54, 1.807) is 0 Å². The minimum atomic E-state index is -3.75. The number of likely N-dealkylation sites (tertiary alicyclic amines) is 1. The van der Waals surface area contributed by atoms with Gasteiger partial charge in [-0.05, 0) is 64.2 Å². The standard InChI is InChI=1S/C15H22ClN3O3S/c1-11(15(20)17-13-7-9-19(2)10-8-13)18-23(21,22)14-5-3-12(16)4-6-14/h3-6,11,13,18H,7-10H2,1-2H3,(H,17,20). The number of piperidine rings is 1. The van der Waals surface area contributed by atoms with Crippen LogP contribution in [0.3, 0.4) is 0 Å². The lowest BCUT2D eigenvalue weighted by Gasteiger charge is -2.30. The van der Waals surface area contributed by atoms with Crippen LogP contribution in [0.4, 0.5) is 0 Å². The molecule has 0 spiro atoms. The minimum absolute atomic E-state index is 0.0841. The van der Waals surface area contributed by atoms with Crippen LogP contribution in [0.15, 0.2) is 29.2 Å². The fraction of sp³-hybridized carbons (Fsp3) is 0.533. The van der Waals surface area contributed by atoms with E-state index < -0.39 is 16.1 Å². The number of amides is 1. The van der Waals surface area contributed by atoms with Gasteiger partial charge in [-0.1, -0.05) is 11.6 Å². The number of rotatable bonds is 5. The molecule has 128 valence electrons. The molecule has 8 heteroatoms. The summed E-state index contributed by atoms with van der Waals surface area (Å²) in [6.45, 7) is 3.39. The van der Waals surface area contributed by atoms with Crippen molar-refractivity contribution < 1.29 is 13.2 Å². The van der Waals surface area contributed by atoms with Gasteiger partial charge in [-0.2, -0.15) is 4.72 Å². The Kier molecular flexibility index (Phi) is 6.02. The van der Waals surface area contributed by atoms with Crippen molar-refractivity contribution in [3.05, 3.63) is 29.3 Å². The Morgan fingerprint density at radius 3 is 2.39 bits per heavy atom. The van der Waals surface area contributed by atoms with Gasteiger partial charge in [0.15, 0.2) is 0 Å². The Balaban J connectivity index is 1.93. The third kappa shape index (κ3) is 5.17. The summed E-state index contributed by atoms with van der Waals surface area (Å²) in [4.78, 5) is 14.5. The number of halogens is 1. The fourth-order valence-electron chi connectivity index (χ4n) is 2.45. The van der Waals surface area contributed by atoms with Crippen LogP contribution in [0, 0.1) is 0 Å². The second-order valence-electron chi connectivity index (χ2n) is 5.88. The van der Waals surface area contributed by atoms with Crippen molar-refractivity contribution in [3.63, 3.8) is 0 Å². The van der Waals surface area contributed by atoms with Gasteiger partial charge in [0.25, 0.3) is 0 Å². The quantitative estimate of drug-likeness (QED) is 0.828. The minimum Gasteiger partial charge on any atom is -0.352 e. The smallest absolute Gasteiger partial charge is 0.241 e. The molecule has 6 nitrogen and oxygen atoms in total. The van der Waals surface area contributed by atoms with Crippen molar-refractivity contribution in [1.29, 1.82) is 0 Å². The molecule has 2 N–H and O–H groups in total. The summed E-state index contributed by atoms with van der Waals surface area (Å²) < 4.78 is 26.9. The van der Waals surface area contributed by atoms with Gasteiger partial charge in [-0.3, -0.25) is 4.79 Å². The molecule has 0 radical (unpaired) electrons. The number of benzene rings is 1. The predicted octanol–water partition coefficient (Wildman–Crippen LogP) is 1.22. The van der Waals surface area contributed by atoms with Gasteiger partial charge < -0.3 is 10.2 Å². The lowest BCUT2D eigenvalue weighted by atomic mass is 10.1. The normalized spacial score (nSPS) is 18.6. The van der Waals surface area contributed by atoms with Crippen molar-refractivity contribution in [1.82, 2.24) is 14.9 Å². The van der Waals surface area contributed by atoms with E-state index in [1.807, 2.05) is 7.05 Å². The molecule has 1 aliphatic heterocycles. The highest BCUT2D eigenvalue weighted by Gasteiger charge is 2.25. The molecule has 1 aromatic carbocycles. The number of carbonyl (C=O) groups excluding carboxylic acids is 1. The first-order chi connectivity index (χ1) is 10.8. The van der Waals surface area contributed by atoms with Gasteiger partial charge in [0.05, 0.1) is 10.9 Å². The molecular weight excluding hydrogens is 338 g/mol. The SMILES string of the molecule is CC(NS(=O)(=O)c1ccc(Cl)cc1)C(=O)NC1CCN(C)CC1. The maximum atomic E-state index is 12.3. The molecule has 1 heterocycles. The van der Waals surface area contributed by atoms with Gasteiger partial charge >= 0.3 is 0 Å². The summed E-state index contributed by atoms with van der Waals surface area (Å²) in [5.74, 6) is -0.308. The predicted molar refractivity (Wildman–Crippen MR) is 89.9 cm³/mol. The van der Waals surface area contributed by atoms with Crippen molar-refractivity contribution in [2.45, 2.75) is 36.7 Å². The molecule has 0 aromatic heterocycles. The molecule has 2 rings (SSSR count). The third-order valence-corrected chi connectivity index (χ3v) is 5.72. The molecule has 1 saturated heterocycles. The van der Waals surface area contributed by atoms with Crippen LogP contribution >= 0.6 is 11.6 Å². The van der Waals surface area contributed by atoms with E-state index in [0.717, 1.165) is 25.9 Å². The van der Waals surface area contributed by atoms with E-state index in [-0.39, 0.29) is 16.8 Å². The Labute approximate surface area is 142 Å². The van der Waals surface area contributed by atoms with Gasteiger partial charge in [0, 0.05) is 11.1 Å². The molecule has 1 unspecified atom stereocenters. The molecule has 1 atom stereocenters. The highest BCUT2D eigenvalue weighted by atomic mass is 35.5. The summed E-state index contributed by atoms with van der Waals surface area (Å²) in [6.07, 6.45) is 1.75. The summed E-state index contributed by atoms with van der Waals surface area (Å²) >= 11 is 5.75. The maximum Gasteiger partial charge on any atom is 0.241 e. The zero-order valence-corrected chi connectivity index (χ0v) is 14.8. The largest absolute Gasteiger partial charge is 0.352 e. The zero-order valence-electron chi connectivity index (χ0n) is 13.3. The Morgan fingerprint density at radius 2 is 1.83 bits per heavy atom. The molecule has 0 bridgehead atoms. The molecule has 0 saturated carbocycles. The Bertz CT molecular complexity index is 640. The second kappa shape index (κ2) is 7.61. The first-order valence-electron chi connectivity index (χ1n) is 7.55. The highest BCUT2D eigenvalue weighted by molar-refractivity contribution is 7.89. The van der Waals surface area contributed by atoms with Crippen molar-refractivity contribution in [3.8, 4) is 0 Å². The molecule has 0 aliphatic carbocycles. The molecule has 1 fully saturated rings. The van der Waals surface area contributed by atoms with Crippen molar-refractivity contribution >= 4 is 27.5 Å². The Morgan fingerprint density at radius 1 is 1.26 bits per heavy atom. The van der Waals surface area contributed by atoms with E-state index in [0.29, 0.717) is 5.02 Å². The number of carbonyl (C=O) groups is 1. The van der Waals surface area contributed by atoms with Gasteiger partial charge in [0.2, 0.25) is 15.9 Å². The Hall–Kier alpha value is -1.15. The first-order valence-corrected chi connectivity index (χ1v) is 9.41. The average molecular weight is 360 g/mol. The van der Waals surface area contributed by atoms with E-state index in [1.165, 1.54) is 31.2 Å². The van der Waals surface area contributed by atoms with Crippen LogP contribution < -0.4 is 10.0 Å². The molecule has 1 amide bonds. The van der Waals surface area contributed by atoms with Gasteiger partial charge in [-0.25, -0.2) is 8.42 Å². The van der Waals surface area contributed by atoms with Gasteiger partial charge in [0.1, 0.15) is 0 Å². The summed E-state index contributed by atoms with van der Waals surface area (Å²) in [7, 11) is -1.71. The van der Waals surface area contributed by atoms with Crippen LogP contribution in [0.1, 0.15) is 19.8 Å². The topological polar surface area (TPSA) is 78.5 Å². The highest BCUT2D eigenvalue weighted by Crippen LogP contribution is 2.14. The number of hydrogen-bond donors (Lipinski definition) is 2. The second-order valence-corrected chi connectivity index (χ2v) is 8.03. The monoisotopic (exact) mass is 359 g/mol. The van der Waals surface area contributed by atoms with E-state index in [9.17, 15) is 13.2 Å². The lowest BCUT2D eigenvalue weighted by molar-refractivity contribution is -0.123. The number of sulfonamides is 1. The van der Waals surface area contributed by atoms with Gasteiger partial charge in [-0.15, -0.1) is 0 Å². The van der Waals surface area contributed by atoms with Crippen LogP contribution in [0.25, 0.3) is 0 Å². The van der Waals surface area contributed by atoms with Crippen LogP contribution in [-0.2, 0) is 14.8 Å². The molecular formula is C15H22ClN3O3S. The first kappa shape index (κ1) is 18.2. The number of hydrogen-bond acceptors (Lipinski definition) is 4. The molecule has 1 aliphatic rings. The summed E-state index contributed by atoms with van der Waals surface area (Å²) in [5, 5.41) is 3.36. The summed E-state index contributed by atoms with van der Waals surface area (Å²) in [6, 6.07) is 5.08. The number of nitrogens with zero attached hydrogens (tertiary/aromatic N) is 1. The van der Waals surface area contributed by atoms with E-state index >= 15 is 0 Å². The van der Waals surface area contributed by atoms with Crippen LogP contribution in [0.5, 0.6) is 0 Å². The van der Waals surface area contributed by atoms with E-state index in [2.05, 4.69) is 14.9 Å². The van der Waals surface area contributed by atoms with Crippen LogP contribution in [0.2, 0.25) is 5.02 Å². The lowest BCUT2D eigenvalue weighted by Crippen LogP contribution is -2.50. The summed E-state index contributed by atoms with van der Waals surface area (Å²) in [5.41, 5.74) is 0. The zero-order chi connectivity index (χ0) is 17.0. The van der Waals surface area contributed by atoms with Crippen molar-refractivity contribution in [2.24, 2.45) is 0 Å². The number of nitrogens with one attached hydrogen (secondary N) is 2. The average Bonchev–Trinajstić information content (AvgIpc) is 2.49. The molecule has 23 heavy (non-hydrogen) atoms.